The fraction of sp³-hybridized carbons (Fsp3) is 0.348. The lowest BCUT2D eigenvalue weighted by molar-refractivity contribution is -0.154. The topological polar surface area (TPSA) is 76.2 Å². The van der Waals surface area contributed by atoms with Crippen molar-refractivity contribution in [3.63, 3.8) is 0 Å². The van der Waals surface area contributed by atoms with Crippen molar-refractivity contribution >= 4 is 39.5 Å². The predicted molar refractivity (Wildman–Crippen MR) is 116 cm³/mol. The molecule has 160 valence electrons. The van der Waals surface area contributed by atoms with E-state index in [1.54, 1.807) is 43.0 Å². The smallest absolute Gasteiger partial charge is 0.332 e. The Bertz CT molecular complexity index is 1090. The molecule has 8 heteroatoms. The zero-order chi connectivity index (χ0) is 21.9. The molecule has 0 spiro atoms. The number of rotatable bonds is 3. The number of fused-ring (bicyclic) bond motifs is 5. The molecule has 31 heavy (non-hydrogen) atoms. The SMILES string of the molecule is CCOC(=O)C1C2COc3ccccc3C2N2C(=O)N(c3ccc(Br)cc3)C(=O)[C@]12C. The van der Waals surface area contributed by atoms with Gasteiger partial charge in [0, 0.05) is 16.0 Å². The van der Waals surface area contributed by atoms with E-state index in [0.29, 0.717) is 11.4 Å². The third-order valence-electron chi connectivity index (χ3n) is 6.55. The highest BCUT2D eigenvalue weighted by Crippen LogP contribution is 2.58. The minimum absolute atomic E-state index is 0.193. The summed E-state index contributed by atoms with van der Waals surface area (Å²) in [6, 6.07) is 13.5. The first-order valence-corrected chi connectivity index (χ1v) is 11.0. The van der Waals surface area contributed by atoms with Crippen LogP contribution in [0, 0.1) is 11.8 Å². The molecule has 3 aliphatic rings. The summed E-state index contributed by atoms with van der Waals surface area (Å²) in [6.07, 6.45) is 0. The first-order chi connectivity index (χ1) is 14.9. The maximum absolute atomic E-state index is 13.8. The normalized spacial score (nSPS) is 28.7. The highest BCUT2D eigenvalue weighted by Gasteiger charge is 2.72. The minimum Gasteiger partial charge on any atom is -0.493 e. The Morgan fingerprint density at radius 3 is 2.61 bits per heavy atom. The molecular formula is C23H21BrN2O5. The highest BCUT2D eigenvalue weighted by molar-refractivity contribution is 9.10. The van der Waals surface area contributed by atoms with E-state index >= 15 is 0 Å². The van der Waals surface area contributed by atoms with E-state index in [0.717, 1.165) is 10.0 Å². The Morgan fingerprint density at radius 2 is 1.90 bits per heavy atom. The Morgan fingerprint density at radius 1 is 1.19 bits per heavy atom. The number of carbonyl (C=O) groups is 3. The number of hydrogen-bond acceptors (Lipinski definition) is 5. The van der Waals surface area contributed by atoms with E-state index in [4.69, 9.17) is 9.47 Å². The van der Waals surface area contributed by atoms with E-state index in [2.05, 4.69) is 15.9 Å². The van der Waals surface area contributed by atoms with Crippen LogP contribution in [0.5, 0.6) is 5.75 Å². The molecule has 2 aromatic rings. The summed E-state index contributed by atoms with van der Waals surface area (Å²) in [4.78, 5) is 43.3. The van der Waals surface area contributed by atoms with Crippen LogP contribution >= 0.6 is 15.9 Å². The Kier molecular flexibility index (Phi) is 4.58. The van der Waals surface area contributed by atoms with Crippen LogP contribution < -0.4 is 9.64 Å². The van der Waals surface area contributed by atoms with E-state index in [1.807, 2.05) is 24.3 Å². The summed E-state index contributed by atoms with van der Waals surface area (Å²) < 4.78 is 12.1. The number of ether oxygens (including phenoxy) is 2. The van der Waals surface area contributed by atoms with Crippen molar-refractivity contribution in [2.45, 2.75) is 25.4 Å². The lowest BCUT2D eigenvalue weighted by atomic mass is 9.77. The molecule has 0 saturated carbocycles. The largest absolute Gasteiger partial charge is 0.493 e. The van der Waals surface area contributed by atoms with Crippen LogP contribution in [0.2, 0.25) is 0 Å². The summed E-state index contributed by atoms with van der Waals surface area (Å²) >= 11 is 3.38. The Balaban J connectivity index is 1.67. The lowest BCUT2D eigenvalue weighted by Gasteiger charge is -2.34. The van der Waals surface area contributed by atoms with Crippen LogP contribution in [0.4, 0.5) is 10.5 Å². The number of halogens is 1. The second kappa shape index (κ2) is 7.09. The van der Waals surface area contributed by atoms with E-state index < -0.39 is 35.4 Å². The molecule has 0 radical (unpaired) electrons. The Hall–Kier alpha value is -2.87. The summed E-state index contributed by atoms with van der Waals surface area (Å²) in [7, 11) is 0. The van der Waals surface area contributed by atoms with Gasteiger partial charge in [0.15, 0.2) is 0 Å². The first-order valence-electron chi connectivity index (χ1n) is 10.2. The maximum atomic E-state index is 13.8. The number of carbonyl (C=O) groups excluding carboxylic acids is 3. The van der Waals surface area contributed by atoms with Gasteiger partial charge in [0.25, 0.3) is 5.91 Å². The zero-order valence-corrected chi connectivity index (χ0v) is 18.7. The first kappa shape index (κ1) is 20.1. The van der Waals surface area contributed by atoms with Gasteiger partial charge in [0.05, 0.1) is 30.9 Å². The molecule has 0 bridgehead atoms. The van der Waals surface area contributed by atoms with E-state index in [9.17, 15) is 14.4 Å². The van der Waals surface area contributed by atoms with Crippen LogP contribution in [0.3, 0.4) is 0 Å². The van der Waals surface area contributed by atoms with Gasteiger partial charge < -0.3 is 14.4 Å². The van der Waals surface area contributed by atoms with Gasteiger partial charge >= 0.3 is 12.0 Å². The second-order valence-electron chi connectivity index (χ2n) is 8.10. The van der Waals surface area contributed by atoms with Gasteiger partial charge in [0.1, 0.15) is 11.3 Å². The van der Waals surface area contributed by atoms with Crippen molar-refractivity contribution in [2.75, 3.05) is 18.1 Å². The number of imide groups is 1. The number of urea groups is 1. The highest BCUT2D eigenvalue weighted by atomic mass is 79.9. The molecule has 0 N–H and O–H groups in total. The number of hydrogen-bond donors (Lipinski definition) is 0. The average molecular weight is 485 g/mol. The fourth-order valence-electron chi connectivity index (χ4n) is 5.26. The van der Waals surface area contributed by atoms with Crippen LogP contribution in [0.25, 0.3) is 0 Å². The van der Waals surface area contributed by atoms with Gasteiger partial charge in [-0.15, -0.1) is 0 Å². The molecule has 2 aromatic carbocycles. The van der Waals surface area contributed by atoms with Gasteiger partial charge in [-0.25, -0.2) is 9.69 Å². The molecule has 3 unspecified atom stereocenters. The molecule has 2 saturated heterocycles. The predicted octanol–water partition coefficient (Wildman–Crippen LogP) is 3.92. The third-order valence-corrected chi connectivity index (χ3v) is 7.07. The number of nitrogens with zero attached hydrogens (tertiary/aromatic N) is 2. The van der Waals surface area contributed by atoms with Crippen LogP contribution in [0.1, 0.15) is 25.5 Å². The standard InChI is InChI=1S/C23H21BrN2O5/c1-3-30-20(27)18-16-12-31-17-7-5-4-6-15(17)19(16)26-22(29)25(21(28)23(18,26)2)14-10-8-13(24)9-11-14/h4-11,16,18-19H,3,12H2,1-2H3/t16?,18?,19?,23-/m0/s1. The van der Waals surface area contributed by atoms with Crippen molar-refractivity contribution in [1.82, 2.24) is 4.90 Å². The second-order valence-corrected chi connectivity index (χ2v) is 9.02. The lowest BCUT2D eigenvalue weighted by Crippen LogP contribution is -2.51. The molecule has 7 nitrogen and oxygen atoms in total. The summed E-state index contributed by atoms with van der Waals surface area (Å²) in [5.74, 6) is -1.45. The molecule has 2 fully saturated rings. The third kappa shape index (κ3) is 2.67. The van der Waals surface area contributed by atoms with Crippen molar-refractivity contribution < 1.29 is 23.9 Å². The number of esters is 1. The summed E-state index contributed by atoms with van der Waals surface area (Å²) in [5.41, 5.74) is -0.101. The molecule has 5 rings (SSSR count). The van der Waals surface area contributed by atoms with Gasteiger partial charge in [-0.2, -0.15) is 0 Å². The van der Waals surface area contributed by atoms with Crippen molar-refractivity contribution in [3.8, 4) is 5.75 Å². The quantitative estimate of drug-likeness (QED) is 0.487. The van der Waals surface area contributed by atoms with Crippen molar-refractivity contribution in [3.05, 3.63) is 58.6 Å². The monoisotopic (exact) mass is 484 g/mol. The van der Waals surface area contributed by atoms with Gasteiger partial charge in [0.2, 0.25) is 0 Å². The van der Waals surface area contributed by atoms with Gasteiger partial charge in [-0.3, -0.25) is 9.59 Å². The summed E-state index contributed by atoms with van der Waals surface area (Å²) in [6.45, 7) is 3.83. The molecule has 3 heterocycles. The molecule has 3 aliphatic heterocycles. The molecule has 0 aliphatic carbocycles. The molecule has 4 atom stereocenters. The van der Waals surface area contributed by atoms with Crippen molar-refractivity contribution in [1.29, 1.82) is 0 Å². The number of para-hydroxylation sites is 1. The van der Waals surface area contributed by atoms with Crippen LogP contribution in [-0.2, 0) is 14.3 Å². The van der Waals surface area contributed by atoms with Crippen LogP contribution in [-0.4, -0.2) is 41.6 Å². The number of anilines is 1. The molecular weight excluding hydrogens is 464 g/mol. The van der Waals surface area contributed by atoms with Crippen molar-refractivity contribution in [2.24, 2.45) is 11.8 Å². The zero-order valence-electron chi connectivity index (χ0n) is 17.1. The number of benzene rings is 2. The van der Waals surface area contributed by atoms with Crippen LogP contribution in [0.15, 0.2) is 53.0 Å². The van der Waals surface area contributed by atoms with Gasteiger partial charge in [-0.1, -0.05) is 34.1 Å². The van der Waals surface area contributed by atoms with E-state index in [1.165, 1.54) is 4.90 Å². The average Bonchev–Trinajstić information content (AvgIpc) is 3.14. The summed E-state index contributed by atoms with van der Waals surface area (Å²) in [5, 5.41) is 0. The van der Waals surface area contributed by atoms with E-state index in [-0.39, 0.29) is 19.1 Å². The fourth-order valence-corrected chi connectivity index (χ4v) is 5.52. The van der Waals surface area contributed by atoms with Gasteiger partial charge in [-0.05, 0) is 44.2 Å². The Labute approximate surface area is 188 Å². The number of amides is 3. The minimum atomic E-state index is -1.37. The molecule has 3 amide bonds. The maximum Gasteiger partial charge on any atom is 0.332 e. The molecule has 0 aromatic heterocycles.